The molecule has 1 fully saturated rings. The molecule has 1 aromatic rings. The first-order valence-corrected chi connectivity index (χ1v) is 6.39. The van der Waals surface area contributed by atoms with Crippen LogP contribution in [0.4, 0.5) is 13.2 Å². The van der Waals surface area contributed by atoms with Crippen LogP contribution in [0.25, 0.3) is 0 Å². The molecule has 1 aliphatic heterocycles. The number of halogens is 3. The van der Waals surface area contributed by atoms with Gasteiger partial charge in [0.25, 0.3) is 0 Å². The van der Waals surface area contributed by atoms with E-state index in [2.05, 4.69) is 0 Å². The maximum Gasteiger partial charge on any atom is 0.416 e. The van der Waals surface area contributed by atoms with Gasteiger partial charge in [0.1, 0.15) is 5.78 Å². The van der Waals surface area contributed by atoms with Crippen molar-refractivity contribution in [3.63, 3.8) is 0 Å². The lowest BCUT2D eigenvalue weighted by molar-refractivity contribution is -0.137. The molecule has 1 aliphatic rings. The smallest absolute Gasteiger partial charge is 0.298 e. The molecule has 1 aromatic carbocycles. The molecule has 0 radical (unpaired) electrons. The highest BCUT2D eigenvalue weighted by molar-refractivity contribution is 8.00. The summed E-state index contributed by atoms with van der Waals surface area (Å²) in [5, 5.41) is 0. The van der Waals surface area contributed by atoms with Gasteiger partial charge in [0.05, 0.1) is 11.3 Å². The molecule has 0 saturated carbocycles. The van der Waals surface area contributed by atoms with Crippen LogP contribution in [0.2, 0.25) is 0 Å². The van der Waals surface area contributed by atoms with E-state index in [1.54, 1.807) is 11.8 Å². The Bertz CT molecular complexity index is 411. The van der Waals surface area contributed by atoms with Gasteiger partial charge < -0.3 is 0 Å². The van der Waals surface area contributed by atoms with Gasteiger partial charge in [0.2, 0.25) is 0 Å². The van der Waals surface area contributed by atoms with E-state index in [4.69, 9.17) is 0 Å². The van der Waals surface area contributed by atoms with Crippen LogP contribution in [0.3, 0.4) is 0 Å². The second-order valence-corrected chi connectivity index (χ2v) is 5.11. The Hall–Kier alpha value is -0.970. The van der Waals surface area contributed by atoms with E-state index in [-0.39, 0.29) is 11.7 Å². The number of Topliss-reactive ketones (excluding diaryl/α,β-unsaturated/α-hetero) is 1. The van der Waals surface area contributed by atoms with Gasteiger partial charge in [-0.3, -0.25) is 4.79 Å². The van der Waals surface area contributed by atoms with Crippen molar-refractivity contribution in [2.75, 3.05) is 11.5 Å². The minimum atomic E-state index is -4.29. The lowest BCUT2D eigenvalue weighted by atomic mass is 9.97. The molecular weight excluding hydrogens is 249 g/mol. The summed E-state index contributed by atoms with van der Waals surface area (Å²) in [7, 11) is 0. The molecule has 0 N–H and O–H groups in total. The Kier molecular flexibility index (Phi) is 3.47. The number of thioether (sulfide) groups is 1. The fourth-order valence-electron chi connectivity index (χ4n) is 1.80. The van der Waals surface area contributed by atoms with Crippen molar-refractivity contribution in [3.05, 3.63) is 35.4 Å². The molecule has 0 aromatic heterocycles. The average molecular weight is 260 g/mol. The van der Waals surface area contributed by atoms with Crippen LogP contribution < -0.4 is 0 Å². The summed E-state index contributed by atoms with van der Waals surface area (Å²) in [5.41, 5.74) is 0.146. The second-order valence-electron chi connectivity index (χ2n) is 4.08. The van der Waals surface area contributed by atoms with Crippen molar-refractivity contribution >= 4 is 17.5 Å². The van der Waals surface area contributed by atoms with E-state index in [0.717, 1.165) is 23.4 Å². The minimum Gasteiger partial charge on any atom is -0.298 e. The summed E-state index contributed by atoms with van der Waals surface area (Å²) >= 11 is 1.59. The largest absolute Gasteiger partial charge is 0.416 e. The van der Waals surface area contributed by atoms with Gasteiger partial charge in [-0.2, -0.15) is 24.9 Å². The summed E-state index contributed by atoms with van der Waals surface area (Å²) < 4.78 is 37.0. The predicted molar refractivity (Wildman–Crippen MR) is 61.0 cm³/mol. The van der Waals surface area contributed by atoms with Crippen LogP contribution in [-0.4, -0.2) is 17.3 Å². The monoisotopic (exact) mass is 260 g/mol. The standard InChI is InChI=1S/C12H11F3OS/c13-12(14,15)10-3-1-8(2-4-10)5-9-6-17-7-11(9)16/h1-4,9H,5-7H2. The van der Waals surface area contributed by atoms with E-state index in [1.165, 1.54) is 12.1 Å². The van der Waals surface area contributed by atoms with Gasteiger partial charge in [-0.1, -0.05) is 12.1 Å². The summed E-state index contributed by atoms with van der Waals surface area (Å²) in [6, 6.07) is 5.06. The number of carbonyl (C=O) groups excluding carboxylic acids is 1. The zero-order valence-electron chi connectivity index (χ0n) is 8.96. The Morgan fingerprint density at radius 2 is 1.88 bits per heavy atom. The van der Waals surface area contributed by atoms with E-state index in [9.17, 15) is 18.0 Å². The number of hydrogen-bond donors (Lipinski definition) is 0. The molecule has 2 rings (SSSR count). The predicted octanol–water partition coefficient (Wildman–Crippen LogP) is 3.18. The van der Waals surface area contributed by atoms with E-state index in [0.29, 0.717) is 12.2 Å². The molecule has 0 spiro atoms. The molecule has 1 saturated heterocycles. The molecule has 5 heteroatoms. The summed E-state index contributed by atoms with van der Waals surface area (Å²) in [4.78, 5) is 11.4. The normalized spacial score (nSPS) is 20.9. The number of benzene rings is 1. The highest BCUT2D eigenvalue weighted by Crippen LogP contribution is 2.30. The fourth-order valence-corrected chi connectivity index (χ4v) is 2.94. The van der Waals surface area contributed by atoms with Crippen LogP contribution in [0.5, 0.6) is 0 Å². The van der Waals surface area contributed by atoms with Crippen molar-refractivity contribution in [2.24, 2.45) is 5.92 Å². The van der Waals surface area contributed by atoms with Gasteiger partial charge in [0.15, 0.2) is 0 Å². The third-order valence-electron chi connectivity index (χ3n) is 2.78. The summed E-state index contributed by atoms with van der Waals surface area (Å²) in [6.07, 6.45) is -3.75. The number of carbonyl (C=O) groups is 1. The quantitative estimate of drug-likeness (QED) is 0.812. The number of rotatable bonds is 2. The minimum absolute atomic E-state index is 0.0308. The number of ketones is 1. The van der Waals surface area contributed by atoms with Crippen LogP contribution in [-0.2, 0) is 17.4 Å². The van der Waals surface area contributed by atoms with Crippen LogP contribution in [0.1, 0.15) is 11.1 Å². The Morgan fingerprint density at radius 3 is 2.35 bits per heavy atom. The van der Waals surface area contributed by atoms with Gasteiger partial charge in [-0.15, -0.1) is 0 Å². The molecule has 1 nitrogen and oxygen atoms in total. The molecule has 0 aliphatic carbocycles. The third kappa shape index (κ3) is 3.03. The molecule has 1 heterocycles. The Morgan fingerprint density at radius 1 is 1.24 bits per heavy atom. The first-order valence-electron chi connectivity index (χ1n) is 5.23. The first-order chi connectivity index (χ1) is 7.97. The van der Waals surface area contributed by atoms with Crippen LogP contribution in [0.15, 0.2) is 24.3 Å². The van der Waals surface area contributed by atoms with Crippen molar-refractivity contribution in [1.29, 1.82) is 0 Å². The Balaban J connectivity index is 2.06. The lowest BCUT2D eigenvalue weighted by Gasteiger charge is -2.09. The highest BCUT2D eigenvalue weighted by atomic mass is 32.2. The maximum absolute atomic E-state index is 12.3. The van der Waals surface area contributed by atoms with Crippen molar-refractivity contribution in [2.45, 2.75) is 12.6 Å². The molecule has 1 atom stereocenters. The van der Waals surface area contributed by atoms with Crippen molar-refractivity contribution in [3.8, 4) is 0 Å². The van der Waals surface area contributed by atoms with Gasteiger partial charge in [-0.25, -0.2) is 0 Å². The molecular formula is C12H11F3OS. The van der Waals surface area contributed by atoms with E-state index in [1.807, 2.05) is 0 Å². The number of hydrogen-bond acceptors (Lipinski definition) is 2. The number of alkyl halides is 3. The van der Waals surface area contributed by atoms with Gasteiger partial charge in [-0.05, 0) is 24.1 Å². The summed E-state index contributed by atoms with van der Waals surface area (Å²) in [5.74, 6) is 1.48. The fraction of sp³-hybridized carbons (Fsp3) is 0.417. The SMILES string of the molecule is O=C1CSCC1Cc1ccc(C(F)(F)F)cc1. The highest BCUT2D eigenvalue weighted by Gasteiger charge is 2.30. The molecule has 0 bridgehead atoms. The van der Waals surface area contributed by atoms with Crippen LogP contribution in [0, 0.1) is 5.92 Å². The topological polar surface area (TPSA) is 17.1 Å². The zero-order valence-corrected chi connectivity index (χ0v) is 9.77. The second kappa shape index (κ2) is 4.72. The van der Waals surface area contributed by atoms with E-state index >= 15 is 0 Å². The van der Waals surface area contributed by atoms with Crippen molar-refractivity contribution < 1.29 is 18.0 Å². The molecule has 92 valence electrons. The van der Waals surface area contributed by atoms with E-state index < -0.39 is 11.7 Å². The summed E-state index contributed by atoms with van der Waals surface area (Å²) in [6.45, 7) is 0. The van der Waals surface area contributed by atoms with Gasteiger partial charge >= 0.3 is 6.18 Å². The molecule has 0 amide bonds. The molecule has 1 unspecified atom stereocenters. The van der Waals surface area contributed by atoms with Crippen LogP contribution >= 0.6 is 11.8 Å². The third-order valence-corrected chi connectivity index (χ3v) is 3.91. The Labute approximate surface area is 101 Å². The lowest BCUT2D eigenvalue weighted by Crippen LogP contribution is -2.14. The zero-order chi connectivity index (χ0) is 12.5. The average Bonchev–Trinajstić information content (AvgIpc) is 2.64. The maximum atomic E-state index is 12.3. The first kappa shape index (κ1) is 12.5. The van der Waals surface area contributed by atoms with Gasteiger partial charge in [0, 0.05) is 11.7 Å². The molecule has 17 heavy (non-hydrogen) atoms. The van der Waals surface area contributed by atoms with Crippen molar-refractivity contribution in [1.82, 2.24) is 0 Å².